The van der Waals surface area contributed by atoms with E-state index in [1.165, 1.54) is 12.1 Å². The summed E-state index contributed by atoms with van der Waals surface area (Å²) in [7, 11) is 1.98. The van der Waals surface area contributed by atoms with E-state index in [4.69, 9.17) is 0 Å². The zero-order valence-electron chi connectivity index (χ0n) is 16.0. The van der Waals surface area contributed by atoms with Crippen LogP contribution in [-0.4, -0.2) is 30.9 Å². The van der Waals surface area contributed by atoms with Gasteiger partial charge in [0.25, 0.3) is 0 Å². The standard InChI is InChI=1S/C17H15F2N.C5H11NO/c1-20-11-13(15-10-14(18)7-8-16(15)19)9-17(20)12-5-3-2-4-6-12;1-3-5(2)6-4-7/h2-10,17H,11H2,1H3;4-5H,3H2,1-2H3,(H,6,7)/t17-;/m0./s1. The van der Waals surface area contributed by atoms with Gasteiger partial charge in [-0.15, -0.1) is 0 Å². The molecule has 2 aromatic rings. The Morgan fingerprint density at radius 3 is 2.52 bits per heavy atom. The van der Waals surface area contributed by atoms with Gasteiger partial charge in [0.2, 0.25) is 6.41 Å². The Labute approximate surface area is 159 Å². The monoisotopic (exact) mass is 372 g/mol. The van der Waals surface area contributed by atoms with Crippen LogP contribution in [0.25, 0.3) is 5.57 Å². The van der Waals surface area contributed by atoms with E-state index in [1.807, 2.05) is 57.3 Å². The number of carbonyl (C=O) groups is 1. The fourth-order valence-electron chi connectivity index (χ4n) is 2.89. The van der Waals surface area contributed by atoms with Crippen LogP contribution in [0.15, 0.2) is 54.6 Å². The van der Waals surface area contributed by atoms with Crippen molar-refractivity contribution in [2.24, 2.45) is 0 Å². The highest BCUT2D eigenvalue weighted by Crippen LogP contribution is 2.34. The number of benzene rings is 2. The van der Waals surface area contributed by atoms with E-state index in [0.29, 0.717) is 18.2 Å². The van der Waals surface area contributed by atoms with Gasteiger partial charge in [0.15, 0.2) is 0 Å². The van der Waals surface area contributed by atoms with Gasteiger partial charge in [-0.3, -0.25) is 9.69 Å². The molecule has 27 heavy (non-hydrogen) atoms. The molecule has 1 aliphatic heterocycles. The smallest absolute Gasteiger partial charge is 0.207 e. The first kappa shape index (κ1) is 20.8. The third kappa shape index (κ3) is 5.73. The van der Waals surface area contributed by atoms with Crippen LogP contribution in [0.1, 0.15) is 37.4 Å². The van der Waals surface area contributed by atoms with Crippen LogP contribution in [0, 0.1) is 11.6 Å². The number of rotatable bonds is 5. The second-order valence-corrected chi connectivity index (χ2v) is 6.68. The van der Waals surface area contributed by atoms with Gasteiger partial charge in [0, 0.05) is 18.2 Å². The molecule has 1 N–H and O–H groups in total. The first-order valence-electron chi connectivity index (χ1n) is 9.07. The Kier molecular flexibility index (Phi) is 7.67. The fraction of sp³-hybridized carbons (Fsp3) is 0.318. The highest BCUT2D eigenvalue weighted by molar-refractivity contribution is 5.70. The lowest BCUT2D eigenvalue weighted by Gasteiger charge is -2.19. The van der Waals surface area contributed by atoms with Crippen LogP contribution in [0.5, 0.6) is 0 Å². The third-order valence-electron chi connectivity index (χ3n) is 4.63. The molecule has 5 heteroatoms. The highest BCUT2D eigenvalue weighted by Gasteiger charge is 2.25. The SMILES string of the molecule is CCC(C)NC=O.CN1CC(c2cc(F)ccc2F)=C[C@H]1c1ccccc1. The van der Waals surface area contributed by atoms with Gasteiger partial charge >= 0.3 is 0 Å². The molecule has 0 aliphatic carbocycles. The summed E-state index contributed by atoms with van der Waals surface area (Å²) in [6.45, 7) is 4.61. The van der Waals surface area contributed by atoms with Gasteiger partial charge in [-0.05, 0) is 49.7 Å². The first-order valence-corrected chi connectivity index (χ1v) is 9.07. The maximum absolute atomic E-state index is 13.9. The van der Waals surface area contributed by atoms with E-state index in [2.05, 4.69) is 10.2 Å². The summed E-state index contributed by atoms with van der Waals surface area (Å²) in [6, 6.07) is 14.1. The van der Waals surface area contributed by atoms with Gasteiger partial charge in [0.1, 0.15) is 11.6 Å². The minimum Gasteiger partial charge on any atom is -0.356 e. The Bertz CT molecular complexity index is 777. The van der Waals surface area contributed by atoms with Crippen molar-refractivity contribution >= 4 is 12.0 Å². The molecule has 1 heterocycles. The number of amides is 1. The van der Waals surface area contributed by atoms with E-state index < -0.39 is 5.82 Å². The van der Waals surface area contributed by atoms with Crippen LogP contribution in [-0.2, 0) is 4.79 Å². The van der Waals surface area contributed by atoms with Crippen LogP contribution in [0.2, 0.25) is 0 Å². The van der Waals surface area contributed by atoms with Crippen molar-refractivity contribution in [3.05, 3.63) is 77.4 Å². The number of carbonyl (C=O) groups excluding carboxylic acids is 1. The molecule has 1 unspecified atom stereocenters. The molecule has 3 nitrogen and oxygen atoms in total. The topological polar surface area (TPSA) is 32.3 Å². The van der Waals surface area contributed by atoms with Crippen LogP contribution < -0.4 is 5.32 Å². The molecule has 1 amide bonds. The summed E-state index contributed by atoms with van der Waals surface area (Å²) in [5.74, 6) is -0.784. The molecular formula is C22H26F2N2O. The van der Waals surface area contributed by atoms with E-state index in [0.717, 1.165) is 30.0 Å². The number of nitrogens with one attached hydrogen (secondary N) is 1. The molecule has 0 saturated heterocycles. The second kappa shape index (κ2) is 9.97. The summed E-state index contributed by atoms with van der Waals surface area (Å²) in [4.78, 5) is 11.8. The summed E-state index contributed by atoms with van der Waals surface area (Å²) in [5.41, 5.74) is 2.34. The molecule has 2 atom stereocenters. The Hall–Kier alpha value is -2.53. The lowest BCUT2D eigenvalue weighted by molar-refractivity contribution is -0.110. The Morgan fingerprint density at radius 1 is 1.22 bits per heavy atom. The largest absolute Gasteiger partial charge is 0.356 e. The van der Waals surface area contributed by atoms with Crippen molar-refractivity contribution in [2.45, 2.75) is 32.4 Å². The van der Waals surface area contributed by atoms with E-state index in [9.17, 15) is 13.6 Å². The average molecular weight is 372 g/mol. The molecule has 0 fully saturated rings. The van der Waals surface area contributed by atoms with Crippen molar-refractivity contribution in [2.75, 3.05) is 13.6 Å². The maximum Gasteiger partial charge on any atom is 0.207 e. The van der Waals surface area contributed by atoms with E-state index in [-0.39, 0.29) is 11.9 Å². The van der Waals surface area contributed by atoms with Crippen LogP contribution in [0.3, 0.4) is 0 Å². The lowest BCUT2D eigenvalue weighted by atomic mass is 10.0. The average Bonchev–Trinajstić information content (AvgIpc) is 3.06. The first-order chi connectivity index (χ1) is 13.0. The van der Waals surface area contributed by atoms with Gasteiger partial charge in [-0.25, -0.2) is 8.78 Å². The molecule has 0 bridgehead atoms. The number of halogens is 2. The molecule has 3 rings (SSSR count). The zero-order valence-corrected chi connectivity index (χ0v) is 16.0. The number of likely N-dealkylation sites (N-methyl/N-ethyl adjacent to an activating group) is 1. The quantitative estimate of drug-likeness (QED) is 0.780. The molecule has 144 valence electrons. The molecular weight excluding hydrogens is 346 g/mol. The molecule has 1 aliphatic rings. The summed E-state index contributed by atoms with van der Waals surface area (Å²) in [5, 5.41) is 2.61. The molecule has 0 saturated carbocycles. The summed E-state index contributed by atoms with van der Waals surface area (Å²) < 4.78 is 27.2. The van der Waals surface area contributed by atoms with Crippen molar-refractivity contribution in [3.8, 4) is 0 Å². The summed E-state index contributed by atoms with van der Waals surface area (Å²) >= 11 is 0. The van der Waals surface area contributed by atoms with E-state index >= 15 is 0 Å². The predicted molar refractivity (Wildman–Crippen MR) is 105 cm³/mol. The number of hydrogen-bond acceptors (Lipinski definition) is 2. The second-order valence-electron chi connectivity index (χ2n) is 6.68. The highest BCUT2D eigenvalue weighted by atomic mass is 19.1. The van der Waals surface area contributed by atoms with Crippen LogP contribution >= 0.6 is 0 Å². The Balaban J connectivity index is 0.000000321. The van der Waals surface area contributed by atoms with Crippen molar-refractivity contribution in [1.29, 1.82) is 0 Å². The van der Waals surface area contributed by atoms with Gasteiger partial charge in [-0.2, -0.15) is 0 Å². The Morgan fingerprint density at radius 2 is 1.93 bits per heavy atom. The molecule has 2 aromatic carbocycles. The van der Waals surface area contributed by atoms with Crippen molar-refractivity contribution in [3.63, 3.8) is 0 Å². The maximum atomic E-state index is 13.9. The van der Waals surface area contributed by atoms with Crippen LogP contribution in [0.4, 0.5) is 8.78 Å². The molecule has 0 spiro atoms. The molecule has 0 aromatic heterocycles. The minimum absolute atomic E-state index is 0.105. The van der Waals surface area contributed by atoms with Crippen molar-refractivity contribution < 1.29 is 13.6 Å². The minimum atomic E-state index is -0.409. The number of hydrogen-bond donors (Lipinski definition) is 1. The lowest BCUT2D eigenvalue weighted by Crippen LogP contribution is -2.22. The summed E-state index contributed by atoms with van der Waals surface area (Å²) in [6.07, 6.45) is 3.74. The van der Waals surface area contributed by atoms with E-state index in [1.54, 1.807) is 0 Å². The van der Waals surface area contributed by atoms with Gasteiger partial charge in [0.05, 0.1) is 6.04 Å². The third-order valence-corrected chi connectivity index (χ3v) is 4.63. The molecule has 0 radical (unpaired) electrons. The van der Waals surface area contributed by atoms with Gasteiger partial charge in [-0.1, -0.05) is 43.3 Å². The normalized spacial score (nSPS) is 17.5. The fourth-order valence-corrected chi connectivity index (χ4v) is 2.89. The van der Waals surface area contributed by atoms with Crippen molar-refractivity contribution in [1.82, 2.24) is 10.2 Å². The number of nitrogens with zero attached hydrogens (tertiary/aromatic N) is 1. The predicted octanol–water partition coefficient (Wildman–Crippen LogP) is 4.57. The zero-order chi connectivity index (χ0) is 19.8. The van der Waals surface area contributed by atoms with Gasteiger partial charge < -0.3 is 5.32 Å².